The third-order valence-corrected chi connectivity index (χ3v) is 6.40. The summed E-state index contributed by atoms with van der Waals surface area (Å²) in [6, 6.07) is 15.4. The zero-order valence-corrected chi connectivity index (χ0v) is 18.2. The van der Waals surface area contributed by atoms with E-state index in [4.69, 9.17) is 11.6 Å². The summed E-state index contributed by atoms with van der Waals surface area (Å²) in [5, 5.41) is 9.82. The van der Waals surface area contributed by atoms with Crippen molar-refractivity contribution in [3.8, 4) is 6.07 Å². The van der Waals surface area contributed by atoms with Crippen LogP contribution in [0.4, 0.5) is 0 Å². The van der Waals surface area contributed by atoms with Crippen LogP contribution in [-0.2, 0) is 15.3 Å². The molecule has 5 nitrogen and oxygen atoms in total. The third-order valence-electron chi connectivity index (χ3n) is 4.92. The maximum atomic E-state index is 12.4. The van der Waals surface area contributed by atoms with Gasteiger partial charge in [0, 0.05) is 54.8 Å². The first kappa shape index (κ1) is 21.9. The lowest BCUT2D eigenvalue weighted by Crippen LogP contribution is -2.49. The van der Waals surface area contributed by atoms with E-state index >= 15 is 0 Å². The van der Waals surface area contributed by atoms with Crippen molar-refractivity contribution in [1.82, 2.24) is 9.80 Å². The summed E-state index contributed by atoms with van der Waals surface area (Å²) in [7, 11) is 0. The van der Waals surface area contributed by atoms with Crippen LogP contribution in [0.3, 0.4) is 0 Å². The molecule has 30 heavy (non-hydrogen) atoms. The molecule has 0 bridgehead atoms. The summed E-state index contributed by atoms with van der Waals surface area (Å²) < 4.78 is 0. The molecule has 1 aliphatic rings. The Kier molecular flexibility index (Phi) is 7.56. The molecule has 1 saturated heterocycles. The molecule has 0 atom stereocenters. The quantitative estimate of drug-likeness (QED) is 0.517. The molecule has 0 aromatic heterocycles. The van der Waals surface area contributed by atoms with Gasteiger partial charge in [-0.25, -0.2) is 0 Å². The molecule has 2 amide bonds. The zero-order chi connectivity index (χ0) is 21.5. The Labute approximate surface area is 185 Å². The molecule has 0 radical (unpaired) electrons. The molecule has 1 fully saturated rings. The van der Waals surface area contributed by atoms with E-state index in [9.17, 15) is 14.9 Å². The molecule has 0 unspecified atom stereocenters. The summed E-state index contributed by atoms with van der Waals surface area (Å²) in [5.41, 5.74) is 2.47. The Hall–Kier alpha value is -2.75. The molecule has 154 valence electrons. The number of amides is 2. The molecular formula is C23H22ClN3O2S. The van der Waals surface area contributed by atoms with E-state index in [1.165, 1.54) is 0 Å². The monoisotopic (exact) mass is 439 g/mol. The van der Waals surface area contributed by atoms with Crippen molar-refractivity contribution >= 4 is 41.3 Å². The fourth-order valence-corrected chi connectivity index (χ4v) is 4.48. The number of carbonyl (C=O) groups excluding carboxylic acids is 2. The summed E-state index contributed by atoms with van der Waals surface area (Å²) in [6.45, 7) is 3.78. The second-order valence-corrected chi connectivity index (χ2v) is 8.34. The van der Waals surface area contributed by atoms with Crippen LogP contribution in [0.15, 0.2) is 53.4 Å². The number of nitrogens with zero attached hydrogens (tertiary/aromatic N) is 3. The normalized spacial score (nSPS) is 14.0. The molecule has 0 aliphatic carbocycles. The fraction of sp³-hybridized carbons (Fsp3) is 0.261. The van der Waals surface area contributed by atoms with Crippen LogP contribution in [-0.4, -0.2) is 47.8 Å². The van der Waals surface area contributed by atoms with E-state index in [0.29, 0.717) is 42.5 Å². The van der Waals surface area contributed by atoms with Crippen LogP contribution in [0.25, 0.3) is 6.08 Å². The summed E-state index contributed by atoms with van der Waals surface area (Å²) in [4.78, 5) is 28.2. The van der Waals surface area contributed by atoms with Gasteiger partial charge in [-0.05, 0) is 35.4 Å². The molecular weight excluding hydrogens is 418 g/mol. The van der Waals surface area contributed by atoms with E-state index in [1.54, 1.807) is 46.7 Å². The van der Waals surface area contributed by atoms with Gasteiger partial charge in [0.2, 0.25) is 11.8 Å². The van der Waals surface area contributed by atoms with Gasteiger partial charge in [0.05, 0.1) is 5.56 Å². The first-order valence-electron chi connectivity index (χ1n) is 9.61. The standard InChI is InChI=1S/C23H22ClN3O2S/c1-17(28)26-10-12-27(13-11-26)23(29)9-7-18-6-8-20(21(24)14-18)16-30-22-5-3-2-4-19(22)15-25/h2-9,14H,10-13,16H2,1H3/b9-7+. The lowest BCUT2D eigenvalue weighted by atomic mass is 10.1. The Morgan fingerprint density at radius 3 is 2.50 bits per heavy atom. The van der Waals surface area contributed by atoms with Crippen molar-refractivity contribution in [2.45, 2.75) is 17.6 Å². The van der Waals surface area contributed by atoms with Crippen molar-refractivity contribution in [2.24, 2.45) is 0 Å². The maximum absolute atomic E-state index is 12.4. The Morgan fingerprint density at radius 2 is 1.83 bits per heavy atom. The van der Waals surface area contributed by atoms with Crippen LogP contribution in [0.2, 0.25) is 5.02 Å². The summed E-state index contributed by atoms with van der Waals surface area (Å²) in [5.74, 6) is 0.629. The molecule has 3 rings (SSSR count). The lowest BCUT2D eigenvalue weighted by molar-refractivity contribution is -0.135. The van der Waals surface area contributed by atoms with Gasteiger partial charge in [0.15, 0.2) is 0 Å². The molecule has 2 aromatic carbocycles. The largest absolute Gasteiger partial charge is 0.339 e. The maximum Gasteiger partial charge on any atom is 0.246 e. The lowest BCUT2D eigenvalue weighted by Gasteiger charge is -2.33. The predicted octanol–water partition coefficient (Wildman–Crippen LogP) is 4.21. The number of carbonyl (C=O) groups is 2. The number of piperazine rings is 1. The fourth-order valence-electron chi connectivity index (χ4n) is 3.14. The van der Waals surface area contributed by atoms with Crippen molar-refractivity contribution in [3.05, 3.63) is 70.3 Å². The minimum absolute atomic E-state index is 0.0432. The van der Waals surface area contributed by atoms with Crippen molar-refractivity contribution in [1.29, 1.82) is 5.26 Å². The number of halogens is 1. The SMILES string of the molecule is CC(=O)N1CCN(C(=O)/C=C/c2ccc(CSc3ccccc3C#N)c(Cl)c2)CC1. The third kappa shape index (κ3) is 5.65. The number of benzene rings is 2. The number of hydrogen-bond donors (Lipinski definition) is 0. The molecule has 1 heterocycles. The number of hydrogen-bond acceptors (Lipinski definition) is 4. The van der Waals surface area contributed by atoms with E-state index in [2.05, 4.69) is 6.07 Å². The smallest absolute Gasteiger partial charge is 0.246 e. The van der Waals surface area contributed by atoms with Gasteiger partial charge in [-0.1, -0.05) is 35.9 Å². The molecule has 0 saturated carbocycles. The first-order valence-corrected chi connectivity index (χ1v) is 11.0. The van der Waals surface area contributed by atoms with Gasteiger partial charge in [-0.15, -0.1) is 11.8 Å². The highest BCUT2D eigenvalue weighted by Crippen LogP contribution is 2.29. The summed E-state index contributed by atoms with van der Waals surface area (Å²) in [6.07, 6.45) is 3.31. The summed E-state index contributed by atoms with van der Waals surface area (Å²) >= 11 is 8.00. The van der Waals surface area contributed by atoms with Crippen molar-refractivity contribution in [3.63, 3.8) is 0 Å². The highest BCUT2D eigenvalue weighted by molar-refractivity contribution is 7.98. The van der Waals surface area contributed by atoms with Gasteiger partial charge in [0.1, 0.15) is 6.07 Å². The molecule has 0 spiro atoms. The average Bonchev–Trinajstić information content (AvgIpc) is 2.77. The van der Waals surface area contributed by atoms with E-state index < -0.39 is 0 Å². The molecule has 7 heteroatoms. The number of rotatable bonds is 5. The van der Waals surface area contributed by atoms with Gasteiger partial charge < -0.3 is 9.80 Å². The topological polar surface area (TPSA) is 64.4 Å². The minimum Gasteiger partial charge on any atom is -0.339 e. The van der Waals surface area contributed by atoms with Gasteiger partial charge in [-0.3, -0.25) is 9.59 Å². The van der Waals surface area contributed by atoms with Gasteiger partial charge in [0.25, 0.3) is 0 Å². The number of thioether (sulfide) groups is 1. The minimum atomic E-state index is -0.0675. The Balaban J connectivity index is 1.58. The van der Waals surface area contributed by atoms with Gasteiger partial charge in [-0.2, -0.15) is 5.26 Å². The van der Waals surface area contributed by atoms with E-state index in [-0.39, 0.29) is 11.8 Å². The Morgan fingerprint density at radius 1 is 1.13 bits per heavy atom. The van der Waals surface area contributed by atoms with Crippen LogP contribution in [0.5, 0.6) is 0 Å². The molecule has 1 aliphatic heterocycles. The van der Waals surface area contributed by atoms with Crippen LogP contribution >= 0.6 is 23.4 Å². The van der Waals surface area contributed by atoms with E-state index in [0.717, 1.165) is 16.0 Å². The van der Waals surface area contributed by atoms with E-state index in [1.807, 2.05) is 36.4 Å². The second-order valence-electron chi connectivity index (χ2n) is 6.91. The van der Waals surface area contributed by atoms with Crippen molar-refractivity contribution in [2.75, 3.05) is 26.2 Å². The highest BCUT2D eigenvalue weighted by Gasteiger charge is 2.20. The van der Waals surface area contributed by atoms with Gasteiger partial charge >= 0.3 is 0 Å². The van der Waals surface area contributed by atoms with Crippen molar-refractivity contribution < 1.29 is 9.59 Å². The molecule has 2 aromatic rings. The van der Waals surface area contributed by atoms with Crippen LogP contribution < -0.4 is 0 Å². The Bertz CT molecular complexity index is 1010. The first-order chi connectivity index (χ1) is 14.5. The average molecular weight is 440 g/mol. The van der Waals surface area contributed by atoms with Crippen LogP contribution in [0, 0.1) is 11.3 Å². The molecule has 0 N–H and O–H groups in total. The predicted molar refractivity (Wildman–Crippen MR) is 120 cm³/mol. The van der Waals surface area contributed by atoms with Crippen LogP contribution in [0.1, 0.15) is 23.6 Å². The highest BCUT2D eigenvalue weighted by atomic mass is 35.5. The zero-order valence-electron chi connectivity index (χ0n) is 16.7. The second kappa shape index (κ2) is 10.3. The number of nitriles is 1.